The number of benzene rings is 1. The average molecular weight is 232 g/mol. The van der Waals surface area contributed by atoms with Crippen molar-refractivity contribution in [1.82, 2.24) is 0 Å². The van der Waals surface area contributed by atoms with Gasteiger partial charge in [-0.2, -0.15) is 0 Å². The number of carbonyl (C=O) groups is 1. The van der Waals surface area contributed by atoms with Gasteiger partial charge in [0, 0.05) is 0 Å². The van der Waals surface area contributed by atoms with E-state index in [1.807, 2.05) is 39.0 Å². The van der Waals surface area contributed by atoms with Crippen LogP contribution in [0.25, 0.3) is 0 Å². The molecule has 0 amide bonds. The summed E-state index contributed by atoms with van der Waals surface area (Å²) in [5, 5.41) is 9.48. The second kappa shape index (κ2) is 4.17. The maximum absolute atomic E-state index is 11.5. The Morgan fingerprint density at radius 3 is 2.41 bits per heavy atom. The molecule has 0 spiro atoms. The molecule has 0 radical (unpaired) electrons. The van der Waals surface area contributed by atoms with Crippen molar-refractivity contribution in [3.8, 4) is 0 Å². The average Bonchev–Trinajstić information content (AvgIpc) is 3.08. The standard InChI is InChI=1S/C15H20O2/c1-10(2)15(3,14(16)17)13-9-12(13)11-7-5-4-6-8-11/h4-8,10,12-13H,9H2,1-3H3,(H,16,17). The third-order valence-corrected chi connectivity index (χ3v) is 4.45. The van der Waals surface area contributed by atoms with E-state index in [0.29, 0.717) is 5.92 Å². The second-order valence-electron chi connectivity index (χ2n) is 5.60. The highest BCUT2D eigenvalue weighted by molar-refractivity contribution is 5.76. The lowest BCUT2D eigenvalue weighted by molar-refractivity contribution is -0.152. The molecule has 1 aliphatic carbocycles. The van der Waals surface area contributed by atoms with Crippen LogP contribution in [0.2, 0.25) is 0 Å². The first-order valence-corrected chi connectivity index (χ1v) is 6.26. The zero-order chi connectivity index (χ0) is 12.6. The predicted octanol–water partition coefficient (Wildman–Crippen LogP) is 3.54. The lowest BCUT2D eigenvalue weighted by Gasteiger charge is -2.29. The van der Waals surface area contributed by atoms with Crippen molar-refractivity contribution in [3.63, 3.8) is 0 Å². The van der Waals surface area contributed by atoms with Gasteiger partial charge in [0.25, 0.3) is 0 Å². The zero-order valence-corrected chi connectivity index (χ0v) is 10.7. The minimum atomic E-state index is -0.657. The van der Waals surface area contributed by atoms with Crippen LogP contribution < -0.4 is 0 Å². The summed E-state index contributed by atoms with van der Waals surface area (Å²) >= 11 is 0. The van der Waals surface area contributed by atoms with Crippen molar-refractivity contribution >= 4 is 5.97 Å². The number of aliphatic carboxylic acids is 1. The molecular formula is C15H20O2. The Morgan fingerprint density at radius 2 is 1.94 bits per heavy atom. The molecule has 1 aromatic carbocycles. The first-order chi connectivity index (χ1) is 7.98. The third-order valence-electron chi connectivity index (χ3n) is 4.45. The fourth-order valence-corrected chi connectivity index (χ4v) is 2.76. The maximum atomic E-state index is 11.5. The molecule has 2 nitrogen and oxygen atoms in total. The fraction of sp³-hybridized carbons (Fsp3) is 0.533. The molecule has 17 heavy (non-hydrogen) atoms. The first-order valence-electron chi connectivity index (χ1n) is 6.26. The van der Waals surface area contributed by atoms with Gasteiger partial charge in [0.15, 0.2) is 0 Å². The molecule has 0 bridgehead atoms. The molecule has 2 heteroatoms. The van der Waals surface area contributed by atoms with Crippen LogP contribution >= 0.6 is 0 Å². The van der Waals surface area contributed by atoms with Crippen LogP contribution in [-0.2, 0) is 4.79 Å². The van der Waals surface area contributed by atoms with Gasteiger partial charge in [-0.3, -0.25) is 4.79 Å². The summed E-state index contributed by atoms with van der Waals surface area (Å²) in [5.74, 6) is 0.219. The van der Waals surface area contributed by atoms with E-state index in [1.165, 1.54) is 5.56 Å². The predicted molar refractivity (Wildman–Crippen MR) is 67.9 cm³/mol. The van der Waals surface area contributed by atoms with E-state index in [4.69, 9.17) is 0 Å². The molecule has 1 saturated carbocycles. The van der Waals surface area contributed by atoms with Crippen molar-refractivity contribution in [1.29, 1.82) is 0 Å². The van der Waals surface area contributed by atoms with Crippen LogP contribution in [0.4, 0.5) is 0 Å². The number of carboxylic acids is 1. The summed E-state index contributed by atoms with van der Waals surface area (Å²) < 4.78 is 0. The number of carboxylic acid groups (broad SMARTS) is 1. The molecule has 0 saturated heterocycles. The van der Waals surface area contributed by atoms with Crippen molar-refractivity contribution in [2.75, 3.05) is 0 Å². The molecule has 92 valence electrons. The van der Waals surface area contributed by atoms with Crippen molar-refractivity contribution in [2.45, 2.75) is 33.1 Å². The van der Waals surface area contributed by atoms with Crippen molar-refractivity contribution < 1.29 is 9.90 Å². The lowest BCUT2D eigenvalue weighted by atomic mass is 9.73. The summed E-state index contributed by atoms with van der Waals surface area (Å²) in [6, 6.07) is 10.3. The van der Waals surface area contributed by atoms with Crippen LogP contribution in [0.1, 0.15) is 38.7 Å². The molecule has 3 atom stereocenters. The molecule has 0 aromatic heterocycles. The SMILES string of the molecule is CC(C)C(C)(C(=O)O)C1CC1c1ccccc1. The Labute approximate surface area is 103 Å². The molecule has 2 rings (SSSR count). The van der Waals surface area contributed by atoms with Gasteiger partial charge in [-0.15, -0.1) is 0 Å². The van der Waals surface area contributed by atoms with Crippen LogP contribution in [0.15, 0.2) is 30.3 Å². The maximum Gasteiger partial charge on any atom is 0.309 e. The third kappa shape index (κ3) is 1.97. The molecule has 0 heterocycles. The summed E-state index contributed by atoms with van der Waals surface area (Å²) in [6.45, 7) is 5.91. The summed E-state index contributed by atoms with van der Waals surface area (Å²) in [4.78, 5) is 11.5. The van der Waals surface area contributed by atoms with Crippen LogP contribution in [-0.4, -0.2) is 11.1 Å². The first kappa shape index (κ1) is 12.2. The highest BCUT2D eigenvalue weighted by Gasteiger charge is 2.56. The van der Waals surface area contributed by atoms with Crippen LogP contribution in [0, 0.1) is 17.3 Å². The second-order valence-corrected chi connectivity index (χ2v) is 5.60. The molecular weight excluding hydrogens is 212 g/mol. The summed E-state index contributed by atoms with van der Waals surface area (Å²) in [5.41, 5.74) is 0.686. The topological polar surface area (TPSA) is 37.3 Å². The smallest absolute Gasteiger partial charge is 0.309 e. The Bertz CT molecular complexity index is 410. The molecule has 1 N–H and O–H groups in total. The van der Waals surface area contributed by atoms with Gasteiger partial charge in [-0.25, -0.2) is 0 Å². The Kier molecular flexibility index (Phi) is 2.98. The Morgan fingerprint density at radius 1 is 1.35 bits per heavy atom. The van der Waals surface area contributed by atoms with E-state index >= 15 is 0 Å². The van der Waals surface area contributed by atoms with E-state index in [9.17, 15) is 9.90 Å². The molecule has 0 aliphatic heterocycles. The lowest BCUT2D eigenvalue weighted by Crippen LogP contribution is -2.35. The van der Waals surface area contributed by atoms with Gasteiger partial charge in [-0.1, -0.05) is 44.2 Å². The fourth-order valence-electron chi connectivity index (χ4n) is 2.76. The van der Waals surface area contributed by atoms with Gasteiger partial charge >= 0.3 is 5.97 Å². The van der Waals surface area contributed by atoms with Crippen LogP contribution in [0.3, 0.4) is 0 Å². The van der Waals surface area contributed by atoms with E-state index in [1.54, 1.807) is 0 Å². The van der Waals surface area contributed by atoms with Crippen LogP contribution in [0.5, 0.6) is 0 Å². The number of hydrogen-bond donors (Lipinski definition) is 1. The quantitative estimate of drug-likeness (QED) is 0.862. The highest BCUT2D eigenvalue weighted by Crippen LogP contribution is 2.59. The van der Waals surface area contributed by atoms with E-state index < -0.39 is 11.4 Å². The largest absolute Gasteiger partial charge is 0.481 e. The van der Waals surface area contributed by atoms with E-state index in [0.717, 1.165) is 6.42 Å². The monoisotopic (exact) mass is 232 g/mol. The van der Waals surface area contributed by atoms with Crippen molar-refractivity contribution in [3.05, 3.63) is 35.9 Å². The summed E-state index contributed by atoms with van der Waals surface area (Å²) in [6.07, 6.45) is 1.00. The van der Waals surface area contributed by atoms with E-state index in [-0.39, 0.29) is 11.8 Å². The van der Waals surface area contributed by atoms with Gasteiger partial charge in [0.2, 0.25) is 0 Å². The Hall–Kier alpha value is -1.31. The normalized spacial score (nSPS) is 26.6. The number of hydrogen-bond acceptors (Lipinski definition) is 1. The van der Waals surface area contributed by atoms with E-state index in [2.05, 4.69) is 12.1 Å². The Balaban J connectivity index is 2.19. The van der Waals surface area contributed by atoms with Gasteiger partial charge in [0.05, 0.1) is 5.41 Å². The molecule has 1 fully saturated rings. The minimum absolute atomic E-state index is 0.165. The van der Waals surface area contributed by atoms with Gasteiger partial charge in [-0.05, 0) is 36.7 Å². The van der Waals surface area contributed by atoms with Gasteiger partial charge < -0.3 is 5.11 Å². The molecule has 3 unspecified atom stereocenters. The van der Waals surface area contributed by atoms with Gasteiger partial charge in [0.1, 0.15) is 0 Å². The molecule has 1 aliphatic rings. The zero-order valence-electron chi connectivity index (χ0n) is 10.7. The highest BCUT2D eigenvalue weighted by atomic mass is 16.4. The minimum Gasteiger partial charge on any atom is -0.481 e. The van der Waals surface area contributed by atoms with Crippen molar-refractivity contribution in [2.24, 2.45) is 17.3 Å². The summed E-state index contributed by atoms with van der Waals surface area (Å²) in [7, 11) is 0. The number of rotatable bonds is 4. The molecule has 1 aromatic rings.